The Morgan fingerprint density at radius 3 is 2.72 bits per heavy atom. The van der Waals surface area contributed by atoms with Gasteiger partial charge in [0.1, 0.15) is 11.6 Å². The summed E-state index contributed by atoms with van der Waals surface area (Å²) in [6, 6.07) is 16.5. The molecule has 3 aromatic heterocycles. The topological polar surface area (TPSA) is 86.7 Å². The fourth-order valence-electron chi connectivity index (χ4n) is 4.33. The van der Waals surface area contributed by atoms with E-state index in [1.54, 1.807) is 49.5 Å². The van der Waals surface area contributed by atoms with Crippen LogP contribution in [0.2, 0.25) is 0 Å². The first-order chi connectivity index (χ1) is 18.9. The number of allylic oxidation sites excluding steroid dienone is 1. The number of para-hydroxylation sites is 1. The summed E-state index contributed by atoms with van der Waals surface area (Å²) < 4.78 is 28.8. The summed E-state index contributed by atoms with van der Waals surface area (Å²) in [5.74, 6) is -0.477. The van der Waals surface area contributed by atoms with Gasteiger partial charge < -0.3 is 9.15 Å². The maximum atomic E-state index is 13.7. The van der Waals surface area contributed by atoms with Gasteiger partial charge in [0, 0.05) is 6.08 Å². The van der Waals surface area contributed by atoms with Crippen molar-refractivity contribution in [3.8, 4) is 0 Å². The lowest BCUT2D eigenvalue weighted by molar-refractivity contribution is -0.139. The highest BCUT2D eigenvalue weighted by Gasteiger charge is 2.33. The van der Waals surface area contributed by atoms with E-state index in [1.165, 1.54) is 39.8 Å². The van der Waals surface area contributed by atoms with Gasteiger partial charge in [-0.1, -0.05) is 35.6 Å². The van der Waals surface area contributed by atoms with Crippen molar-refractivity contribution < 1.29 is 18.3 Å². The van der Waals surface area contributed by atoms with Crippen LogP contribution in [0.1, 0.15) is 31.2 Å². The molecule has 0 fully saturated rings. The number of nitrogens with zero attached hydrogens (tertiary/aromatic N) is 3. The molecule has 0 N–H and O–H groups in total. The third kappa shape index (κ3) is 4.88. The Kier molecular flexibility index (Phi) is 6.79. The molecule has 11 heteroatoms. The Morgan fingerprint density at radius 1 is 1.15 bits per heavy atom. The minimum Gasteiger partial charge on any atom is -0.463 e. The maximum Gasteiger partial charge on any atom is 0.338 e. The summed E-state index contributed by atoms with van der Waals surface area (Å²) in [6.45, 7) is 3.59. The molecule has 7 nitrogen and oxygen atoms in total. The smallest absolute Gasteiger partial charge is 0.338 e. The zero-order valence-corrected chi connectivity index (χ0v) is 23.2. The fraction of sp³-hybridized carbons (Fsp3) is 0.143. The molecular formula is C28H20FN3O4S3. The number of halogens is 1. The van der Waals surface area contributed by atoms with Gasteiger partial charge in [0.05, 0.1) is 38.7 Å². The van der Waals surface area contributed by atoms with Crippen molar-refractivity contribution in [2.45, 2.75) is 29.3 Å². The molecule has 1 atom stereocenters. The maximum absolute atomic E-state index is 13.7. The van der Waals surface area contributed by atoms with E-state index in [1.807, 2.05) is 30.3 Å². The van der Waals surface area contributed by atoms with E-state index >= 15 is 0 Å². The molecule has 196 valence electrons. The number of fused-ring (bicyclic) bond motifs is 2. The second-order valence-electron chi connectivity index (χ2n) is 8.56. The average Bonchev–Trinajstić information content (AvgIpc) is 3.61. The first-order valence-electron chi connectivity index (χ1n) is 12.0. The van der Waals surface area contributed by atoms with Crippen LogP contribution in [0.15, 0.2) is 95.6 Å². The van der Waals surface area contributed by atoms with Gasteiger partial charge >= 0.3 is 5.97 Å². The standard InChI is InChI=1S/C28H20FN3O4S3/c1-3-35-26(34)23-15(2)30-27-32(24(23)16-8-10-17(29)11-9-16)25(33)21(37-27)14-18-12-13-22(36-18)39-28-31-19-6-4-5-7-20(19)38-28/h4-14,24H,3H2,1-2H3/b21-14+. The summed E-state index contributed by atoms with van der Waals surface area (Å²) >= 11 is 4.20. The van der Waals surface area contributed by atoms with Crippen molar-refractivity contribution in [2.75, 3.05) is 6.61 Å². The molecule has 0 saturated heterocycles. The van der Waals surface area contributed by atoms with Crippen molar-refractivity contribution in [3.63, 3.8) is 0 Å². The van der Waals surface area contributed by atoms with Gasteiger partial charge in [-0.05, 0) is 67.6 Å². The predicted octanol–water partition coefficient (Wildman–Crippen LogP) is 5.29. The number of benzene rings is 2. The number of hydrogen-bond donors (Lipinski definition) is 0. The third-order valence-electron chi connectivity index (χ3n) is 6.04. The molecule has 0 saturated carbocycles. The Hall–Kier alpha value is -3.80. The highest BCUT2D eigenvalue weighted by molar-refractivity contribution is 8.01. The van der Waals surface area contributed by atoms with Crippen LogP contribution in [0.25, 0.3) is 16.3 Å². The number of ether oxygens (including phenoxy) is 1. The van der Waals surface area contributed by atoms with E-state index in [0.717, 1.165) is 14.6 Å². The number of esters is 1. The van der Waals surface area contributed by atoms with Crippen molar-refractivity contribution in [2.24, 2.45) is 4.99 Å². The average molecular weight is 578 g/mol. The number of hydrogen-bond acceptors (Lipinski definition) is 9. The van der Waals surface area contributed by atoms with E-state index in [4.69, 9.17) is 9.15 Å². The minimum absolute atomic E-state index is 0.173. The molecule has 5 aromatic rings. The molecule has 1 aliphatic rings. The monoisotopic (exact) mass is 577 g/mol. The molecule has 6 rings (SSSR count). The molecule has 0 radical (unpaired) electrons. The summed E-state index contributed by atoms with van der Waals surface area (Å²) in [6.07, 6.45) is 1.66. The number of thiazole rings is 2. The first-order valence-corrected chi connectivity index (χ1v) is 14.4. The normalized spacial score (nSPS) is 15.5. The number of carbonyl (C=O) groups is 1. The van der Waals surface area contributed by atoms with Crippen LogP contribution in [0.5, 0.6) is 0 Å². The molecule has 0 aliphatic carbocycles. The summed E-state index contributed by atoms with van der Waals surface area (Å²) in [5, 5.41) is 0.651. The molecule has 1 unspecified atom stereocenters. The molecule has 0 bridgehead atoms. The third-order valence-corrected chi connectivity index (χ3v) is 9.04. The lowest BCUT2D eigenvalue weighted by atomic mass is 9.96. The van der Waals surface area contributed by atoms with Crippen LogP contribution in [0.3, 0.4) is 0 Å². The van der Waals surface area contributed by atoms with E-state index in [0.29, 0.717) is 31.4 Å². The van der Waals surface area contributed by atoms with Gasteiger partial charge in [0.2, 0.25) is 0 Å². The Labute approximate surface area is 233 Å². The molecule has 4 heterocycles. The van der Waals surface area contributed by atoms with Gasteiger partial charge in [-0.15, -0.1) is 11.3 Å². The molecule has 1 aliphatic heterocycles. The summed E-state index contributed by atoms with van der Waals surface area (Å²) in [4.78, 5) is 36.2. The lowest BCUT2D eigenvalue weighted by Crippen LogP contribution is -2.39. The number of furan rings is 1. The minimum atomic E-state index is -0.801. The van der Waals surface area contributed by atoms with Crippen molar-refractivity contribution >= 4 is 56.7 Å². The Bertz CT molecular complexity index is 1900. The van der Waals surface area contributed by atoms with Gasteiger partial charge in [0.15, 0.2) is 14.2 Å². The largest absolute Gasteiger partial charge is 0.463 e. The van der Waals surface area contributed by atoms with Crippen molar-refractivity contribution in [1.29, 1.82) is 0 Å². The molecule has 0 spiro atoms. The molecule has 0 amide bonds. The van der Waals surface area contributed by atoms with Crippen molar-refractivity contribution in [3.05, 3.63) is 109 Å². The van der Waals surface area contributed by atoms with Crippen LogP contribution >= 0.6 is 34.4 Å². The highest BCUT2D eigenvalue weighted by atomic mass is 32.2. The van der Waals surface area contributed by atoms with E-state index in [-0.39, 0.29) is 17.7 Å². The van der Waals surface area contributed by atoms with Crippen LogP contribution in [0, 0.1) is 5.82 Å². The predicted molar refractivity (Wildman–Crippen MR) is 149 cm³/mol. The van der Waals surface area contributed by atoms with E-state index < -0.39 is 17.8 Å². The Balaban J connectivity index is 1.39. The quantitative estimate of drug-likeness (QED) is 0.255. The SMILES string of the molecule is CCOC(=O)C1=C(C)N=c2s/c(=C/c3ccc(Sc4nc5ccccc5s4)o3)c(=O)n2C1c1ccc(F)cc1. The Morgan fingerprint density at radius 2 is 1.95 bits per heavy atom. The highest BCUT2D eigenvalue weighted by Crippen LogP contribution is 2.35. The second-order valence-corrected chi connectivity index (χ2v) is 11.9. The molecular weight excluding hydrogens is 558 g/mol. The zero-order chi connectivity index (χ0) is 27.1. The van der Waals surface area contributed by atoms with Gasteiger partial charge in [-0.2, -0.15) is 0 Å². The van der Waals surface area contributed by atoms with Crippen LogP contribution < -0.4 is 14.9 Å². The fourth-order valence-corrected chi connectivity index (χ4v) is 7.32. The summed E-state index contributed by atoms with van der Waals surface area (Å²) in [5.41, 5.74) is 1.87. The van der Waals surface area contributed by atoms with E-state index in [9.17, 15) is 14.0 Å². The van der Waals surface area contributed by atoms with Crippen molar-refractivity contribution in [1.82, 2.24) is 9.55 Å². The zero-order valence-electron chi connectivity index (χ0n) is 20.7. The molecule has 2 aromatic carbocycles. The number of rotatable bonds is 6. The summed E-state index contributed by atoms with van der Waals surface area (Å²) in [7, 11) is 0. The van der Waals surface area contributed by atoms with Gasteiger partial charge in [-0.25, -0.2) is 19.2 Å². The van der Waals surface area contributed by atoms with Gasteiger partial charge in [0.25, 0.3) is 5.56 Å². The molecule has 39 heavy (non-hydrogen) atoms. The lowest BCUT2D eigenvalue weighted by Gasteiger charge is -2.24. The second kappa shape index (κ2) is 10.4. The first kappa shape index (κ1) is 25.5. The van der Waals surface area contributed by atoms with E-state index in [2.05, 4.69) is 9.98 Å². The van der Waals surface area contributed by atoms with Crippen LogP contribution in [0.4, 0.5) is 4.39 Å². The van der Waals surface area contributed by atoms with Crippen LogP contribution in [-0.2, 0) is 9.53 Å². The van der Waals surface area contributed by atoms with Crippen LogP contribution in [-0.4, -0.2) is 22.1 Å². The van der Waals surface area contributed by atoms with Gasteiger partial charge in [-0.3, -0.25) is 9.36 Å². The number of carbonyl (C=O) groups excluding carboxylic acids is 1. The number of aromatic nitrogens is 2.